The number of nitrogens with zero attached hydrogens (tertiary/aromatic N) is 3. The number of hydrogen-bond acceptors (Lipinski definition) is 9. The Labute approximate surface area is 160 Å². The van der Waals surface area contributed by atoms with Crippen molar-refractivity contribution in [2.24, 2.45) is 0 Å². The maximum Gasteiger partial charge on any atom is 0.252 e. The molecule has 0 spiro atoms. The van der Waals surface area contributed by atoms with E-state index in [0.717, 1.165) is 24.3 Å². The van der Waals surface area contributed by atoms with Crippen molar-refractivity contribution in [3.8, 4) is 34.7 Å². The van der Waals surface area contributed by atoms with Crippen LogP contribution in [-0.2, 0) is 0 Å². The summed E-state index contributed by atoms with van der Waals surface area (Å²) in [4.78, 5) is 8.49. The fourth-order valence-corrected chi connectivity index (χ4v) is 3.31. The highest BCUT2D eigenvalue weighted by atomic mass is 16.6. The molecule has 3 aromatic rings. The second-order valence-electron chi connectivity index (χ2n) is 6.60. The summed E-state index contributed by atoms with van der Waals surface area (Å²) in [5, 5.41) is 12.6. The number of aromatic hydroxyl groups is 1. The van der Waals surface area contributed by atoms with Gasteiger partial charge in [0.2, 0.25) is 5.88 Å². The summed E-state index contributed by atoms with van der Waals surface area (Å²) in [5.41, 5.74) is 1.73. The van der Waals surface area contributed by atoms with Gasteiger partial charge in [-0.1, -0.05) is 6.07 Å². The largest absolute Gasteiger partial charge is 0.491 e. The van der Waals surface area contributed by atoms with Gasteiger partial charge in [0.15, 0.2) is 17.3 Å². The van der Waals surface area contributed by atoms with Crippen LogP contribution in [0, 0.1) is 0 Å². The van der Waals surface area contributed by atoms with E-state index in [0.29, 0.717) is 36.5 Å². The molecule has 146 valence electrons. The Balaban J connectivity index is 0.00000192. The lowest BCUT2D eigenvalue weighted by Gasteiger charge is -2.35. The normalized spacial score (nSPS) is 20.0. The van der Waals surface area contributed by atoms with Crippen LogP contribution in [0.3, 0.4) is 0 Å². The van der Waals surface area contributed by atoms with E-state index < -0.39 is 0 Å². The summed E-state index contributed by atoms with van der Waals surface area (Å²) in [7, 11) is 0. The van der Waals surface area contributed by atoms with Crippen LogP contribution in [0.5, 0.6) is 23.3 Å². The highest BCUT2D eigenvalue weighted by Crippen LogP contribution is 2.42. The maximum atomic E-state index is 9.22. The molecule has 1 saturated carbocycles. The summed E-state index contributed by atoms with van der Waals surface area (Å²) in [6.07, 6.45) is 5.02. The van der Waals surface area contributed by atoms with Crippen LogP contribution < -0.4 is 20.4 Å². The van der Waals surface area contributed by atoms with E-state index in [9.17, 15) is 5.11 Å². The standard InChI is InChI=1S/C19H17N3O5.H3N/c23-18-8-16(27-22-18)14-9-21-19(10-20-14)26-13-5-12(6-13)11-1-2-15-17(7-11)25-4-3-24-15;/h1-2,7-10,12-13H,3-6H2,(H,22,23);1H3/t12-,13+;. The van der Waals surface area contributed by atoms with Crippen LogP contribution in [0.4, 0.5) is 0 Å². The molecule has 3 heterocycles. The molecule has 9 nitrogen and oxygen atoms in total. The van der Waals surface area contributed by atoms with E-state index in [4.69, 9.17) is 18.7 Å². The first kappa shape index (κ1) is 18.1. The Hall–Kier alpha value is -3.33. The first-order chi connectivity index (χ1) is 13.2. The topological polar surface area (TPSA) is 135 Å². The number of aromatic nitrogens is 3. The molecule has 0 bridgehead atoms. The Morgan fingerprint density at radius 2 is 1.82 bits per heavy atom. The summed E-state index contributed by atoms with van der Waals surface area (Å²) in [5.74, 6) is 2.71. The Morgan fingerprint density at radius 1 is 1.00 bits per heavy atom. The number of hydrogen-bond donors (Lipinski definition) is 2. The SMILES string of the molecule is N.Oc1cc(-c2cnc(O[C@H]3C[C@@H](c4ccc5c(c4)OCCO5)C3)cn2)on1. The lowest BCUT2D eigenvalue weighted by Crippen LogP contribution is -2.32. The molecule has 1 aliphatic carbocycles. The van der Waals surface area contributed by atoms with Gasteiger partial charge in [0.1, 0.15) is 25.0 Å². The maximum absolute atomic E-state index is 9.22. The van der Waals surface area contributed by atoms with Crippen molar-refractivity contribution in [1.29, 1.82) is 0 Å². The van der Waals surface area contributed by atoms with E-state index in [1.165, 1.54) is 17.8 Å². The van der Waals surface area contributed by atoms with Gasteiger partial charge in [-0.25, -0.2) is 9.97 Å². The molecule has 0 unspecified atom stereocenters. The quantitative estimate of drug-likeness (QED) is 0.695. The molecule has 2 aliphatic rings. The molecular weight excluding hydrogens is 364 g/mol. The molecule has 1 fully saturated rings. The Morgan fingerprint density at radius 3 is 2.54 bits per heavy atom. The number of fused-ring (bicyclic) bond motifs is 1. The third-order valence-corrected chi connectivity index (χ3v) is 4.80. The lowest BCUT2D eigenvalue weighted by molar-refractivity contribution is 0.0927. The van der Waals surface area contributed by atoms with Gasteiger partial charge >= 0.3 is 0 Å². The van der Waals surface area contributed by atoms with Crippen molar-refractivity contribution >= 4 is 0 Å². The summed E-state index contributed by atoms with van der Waals surface area (Å²) >= 11 is 0. The predicted molar refractivity (Wildman–Crippen MR) is 98.0 cm³/mol. The van der Waals surface area contributed by atoms with Gasteiger partial charge in [0.05, 0.1) is 18.5 Å². The predicted octanol–water partition coefficient (Wildman–Crippen LogP) is 3.10. The molecule has 28 heavy (non-hydrogen) atoms. The fraction of sp³-hybridized carbons (Fsp3) is 0.316. The van der Waals surface area contributed by atoms with Crippen LogP contribution in [0.25, 0.3) is 11.5 Å². The summed E-state index contributed by atoms with van der Waals surface area (Å²) in [6, 6.07) is 7.52. The Bertz CT molecular complexity index is 953. The van der Waals surface area contributed by atoms with Crippen molar-refractivity contribution < 1.29 is 23.8 Å². The van der Waals surface area contributed by atoms with Gasteiger partial charge in [-0.15, -0.1) is 0 Å². The van der Waals surface area contributed by atoms with Crippen molar-refractivity contribution in [3.63, 3.8) is 0 Å². The lowest BCUT2D eigenvalue weighted by atomic mass is 9.77. The molecule has 1 aromatic carbocycles. The highest BCUT2D eigenvalue weighted by Gasteiger charge is 2.33. The molecule has 0 amide bonds. The zero-order valence-electron chi connectivity index (χ0n) is 15.1. The van der Waals surface area contributed by atoms with Crippen molar-refractivity contribution in [1.82, 2.24) is 21.3 Å². The van der Waals surface area contributed by atoms with Crippen LogP contribution in [0.1, 0.15) is 24.3 Å². The van der Waals surface area contributed by atoms with E-state index in [-0.39, 0.29) is 18.1 Å². The van der Waals surface area contributed by atoms with Gasteiger partial charge in [-0.2, -0.15) is 0 Å². The fourth-order valence-electron chi connectivity index (χ4n) is 3.31. The minimum Gasteiger partial charge on any atom is -0.491 e. The third kappa shape index (κ3) is 3.44. The van der Waals surface area contributed by atoms with Crippen LogP contribution in [0.15, 0.2) is 41.2 Å². The van der Waals surface area contributed by atoms with E-state index in [1.807, 2.05) is 6.07 Å². The minimum absolute atomic E-state index is 0. The minimum atomic E-state index is -0.188. The van der Waals surface area contributed by atoms with Crippen molar-refractivity contribution in [3.05, 3.63) is 42.2 Å². The summed E-state index contributed by atoms with van der Waals surface area (Å²) in [6.45, 7) is 1.19. The van der Waals surface area contributed by atoms with Gasteiger partial charge in [-0.3, -0.25) is 0 Å². The van der Waals surface area contributed by atoms with Crippen LogP contribution in [-0.4, -0.2) is 39.5 Å². The molecule has 4 N–H and O–H groups in total. The smallest absolute Gasteiger partial charge is 0.252 e. The number of rotatable bonds is 4. The Kier molecular flexibility index (Phi) is 4.74. The number of ether oxygens (including phenoxy) is 3. The van der Waals surface area contributed by atoms with Crippen molar-refractivity contribution in [2.75, 3.05) is 13.2 Å². The summed E-state index contributed by atoms with van der Waals surface area (Å²) < 4.78 is 22.0. The van der Waals surface area contributed by atoms with Crippen LogP contribution >= 0.6 is 0 Å². The molecular formula is C19H20N4O5. The molecule has 9 heteroatoms. The molecule has 2 aromatic heterocycles. The first-order valence-electron chi connectivity index (χ1n) is 8.79. The monoisotopic (exact) mass is 384 g/mol. The van der Waals surface area contributed by atoms with Crippen LogP contribution in [0.2, 0.25) is 0 Å². The van der Waals surface area contributed by atoms with Gasteiger partial charge in [-0.05, 0) is 41.6 Å². The zero-order valence-corrected chi connectivity index (χ0v) is 15.1. The average molecular weight is 384 g/mol. The molecule has 0 radical (unpaired) electrons. The van der Waals surface area contributed by atoms with Gasteiger partial charge in [0, 0.05) is 0 Å². The molecule has 5 rings (SSSR count). The average Bonchev–Trinajstić information content (AvgIpc) is 3.11. The highest BCUT2D eigenvalue weighted by molar-refractivity contribution is 5.51. The second kappa shape index (κ2) is 7.35. The zero-order chi connectivity index (χ0) is 18.2. The first-order valence-corrected chi connectivity index (χ1v) is 8.79. The van der Waals surface area contributed by atoms with Crippen molar-refractivity contribution in [2.45, 2.75) is 24.9 Å². The second-order valence-corrected chi connectivity index (χ2v) is 6.60. The van der Waals surface area contributed by atoms with E-state index in [2.05, 4.69) is 27.3 Å². The molecule has 0 saturated heterocycles. The van der Waals surface area contributed by atoms with Gasteiger partial charge in [0.25, 0.3) is 5.88 Å². The molecule has 0 atom stereocenters. The number of benzene rings is 1. The third-order valence-electron chi connectivity index (χ3n) is 4.80. The van der Waals surface area contributed by atoms with E-state index >= 15 is 0 Å². The van der Waals surface area contributed by atoms with Gasteiger partial charge < -0.3 is 30.0 Å². The van der Waals surface area contributed by atoms with E-state index in [1.54, 1.807) is 6.20 Å². The molecule has 1 aliphatic heterocycles.